The third-order valence-electron chi connectivity index (χ3n) is 5.03. The maximum Gasteiger partial charge on any atom is 0.232 e. The summed E-state index contributed by atoms with van der Waals surface area (Å²) in [5.74, 6) is 0.901. The fraction of sp³-hybridized carbons (Fsp3) is 0.350. The minimum atomic E-state index is -0.120. The minimum Gasteiger partial charge on any atom is -0.507 e. The maximum absolute atomic E-state index is 12.7. The van der Waals surface area contributed by atoms with Gasteiger partial charge in [0.1, 0.15) is 11.5 Å². The molecule has 0 amide bonds. The highest BCUT2D eigenvalue weighted by atomic mass is 35.5. The van der Waals surface area contributed by atoms with E-state index < -0.39 is 0 Å². The third kappa shape index (κ3) is 4.53. The number of ketones is 1. The average Bonchev–Trinajstić information content (AvgIpc) is 3.27. The standard InChI is InChI=1S/C20H22N2O3S.2ClH/c1-2-21-7-9-22(10-8-21)13-16-17(23)6-5-15-19(24)18(25-20(15)16)12-14-4-3-11-26-14;;/h3-6,11-12,23H,2,7-10,13H2,1H3;2*1H. The average molecular weight is 443 g/mol. The molecule has 152 valence electrons. The Hall–Kier alpha value is -1.57. The number of Topliss-reactive ketones (excluding diaryl/α,β-unsaturated/α-hetero) is 1. The molecule has 0 aliphatic carbocycles. The fourth-order valence-corrected chi connectivity index (χ4v) is 4.09. The van der Waals surface area contributed by atoms with E-state index in [9.17, 15) is 9.90 Å². The second kappa shape index (κ2) is 9.76. The van der Waals surface area contributed by atoms with Gasteiger partial charge in [-0.05, 0) is 30.1 Å². The lowest BCUT2D eigenvalue weighted by Gasteiger charge is -2.34. The number of phenolic OH excluding ortho intramolecular Hbond substituents is 1. The number of thiophene rings is 1. The summed E-state index contributed by atoms with van der Waals surface area (Å²) < 4.78 is 5.91. The smallest absolute Gasteiger partial charge is 0.232 e. The Kier molecular flexibility index (Phi) is 7.92. The Morgan fingerprint density at radius 3 is 2.50 bits per heavy atom. The van der Waals surface area contributed by atoms with E-state index in [4.69, 9.17) is 4.74 Å². The molecule has 0 atom stereocenters. The van der Waals surface area contributed by atoms with Crippen molar-refractivity contribution in [2.24, 2.45) is 0 Å². The Bertz CT molecular complexity index is 847. The molecular weight excluding hydrogens is 419 g/mol. The molecule has 1 N–H and O–H groups in total. The van der Waals surface area contributed by atoms with Crippen molar-refractivity contribution >= 4 is 48.0 Å². The third-order valence-corrected chi connectivity index (χ3v) is 5.85. The van der Waals surface area contributed by atoms with E-state index in [1.165, 1.54) is 0 Å². The molecular formula is C20H24Cl2N2O3S. The van der Waals surface area contributed by atoms with Gasteiger partial charge in [-0.25, -0.2) is 0 Å². The van der Waals surface area contributed by atoms with Crippen LogP contribution in [-0.2, 0) is 6.54 Å². The molecule has 8 heteroatoms. The summed E-state index contributed by atoms with van der Waals surface area (Å²) >= 11 is 1.56. The first-order valence-electron chi connectivity index (χ1n) is 8.93. The van der Waals surface area contributed by atoms with Crippen LogP contribution in [0.3, 0.4) is 0 Å². The van der Waals surface area contributed by atoms with Crippen molar-refractivity contribution < 1.29 is 14.6 Å². The zero-order valence-electron chi connectivity index (χ0n) is 15.6. The zero-order valence-corrected chi connectivity index (χ0v) is 18.0. The molecule has 2 aromatic rings. The highest BCUT2D eigenvalue weighted by molar-refractivity contribution is 7.10. The number of carbonyl (C=O) groups is 1. The molecule has 4 rings (SSSR count). The number of fused-ring (bicyclic) bond motifs is 1. The molecule has 0 spiro atoms. The van der Waals surface area contributed by atoms with Gasteiger partial charge in [0.05, 0.1) is 11.1 Å². The normalized spacial score (nSPS) is 18.3. The molecule has 5 nitrogen and oxygen atoms in total. The zero-order chi connectivity index (χ0) is 18.1. The van der Waals surface area contributed by atoms with E-state index >= 15 is 0 Å². The fourth-order valence-electron chi connectivity index (χ4n) is 3.44. The molecule has 2 aliphatic heterocycles. The first kappa shape index (κ1) is 22.7. The van der Waals surface area contributed by atoms with Crippen molar-refractivity contribution in [2.75, 3.05) is 32.7 Å². The number of allylic oxidation sites excluding steroid dienone is 1. The SMILES string of the molecule is CCN1CCN(Cc2c(O)ccc3c2OC(=Cc2cccs2)C3=O)CC1.Cl.Cl. The highest BCUT2D eigenvalue weighted by Crippen LogP contribution is 2.40. The number of nitrogens with zero attached hydrogens (tertiary/aromatic N) is 2. The molecule has 1 aromatic heterocycles. The van der Waals surface area contributed by atoms with Gasteiger partial charge in [-0.2, -0.15) is 0 Å². The molecule has 0 bridgehead atoms. The Morgan fingerprint density at radius 1 is 1.14 bits per heavy atom. The molecule has 3 heterocycles. The van der Waals surface area contributed by atoms with Gasteiger partial charge in [-0.15, -0.1) is 36.2 Å². The summed E-state index contributed by atoms with van der Waals surface area (Å²) in [4.78, 5) is 18.4. The second-order valence-electron chi connectivity index (χ2n) is 6.61. The number of halogens is 2. The lowest BCUT2D eigenvalue weighted by molar-refractivity contribution is 0.101. The highest BCUT2D eigenvalue weighted by Gasteiger charge is 2.32. The van der Waals surface area contributed by atoms with Gasteiger partial charge >= 0.3 is 0 Å². The number of phenols is 1. The van der Waals surface area contributed by atoms with Crippen LogP contribution in [0.5, 0.6) is 11.5 Å². The lowest BCUT2D eigenvalue weighted by atomic mass is 10.0. The summed E-state index contributed by atoms with van der Waals surface area (Å²) in [6.45, 7) is 7.77. The predicted octanol–water partition coefficient (Wildman–Crippen LogP) is 4.05. The van der Waals surface area contributed by atoms with E-state index in [0.717, 1.165) is 37.6 Å². The Balaban J connectivity index is 0.00000140. The number of hydrogen-bond acceptors (Lipinski definition) is 6. The molecule has 2 aliphatic rings. The van der Waals surface area contributed by atoms with Crippen LogP contribution in [0.1, 0.15) is 27.7 Å². The van der Waals surface area contributed by atoms with Gasteiger partial charge in [-0.3, -0.25) is 9.69 Å². The number of hydrogen-bond donors (Lipinski definition) is 1. The number of carbonyl (C=O) groups excluding carboxylic acids is 1. The lowest BCUT2D eigenvalue weighted by Crippen LogP contribution is -2.45. The predicted molar refractivity (Wildman–Crippen MR) is 117 cm³/mol. The van der Waals surface area contributed by atoms with Crippen molar-refractivity contribution in [1.82, 2.24) is 9.80 Å². The molecule has 28 heavy (non-hydrogen) atoms. The van der Waals surface area contributed by atoms with Gasteiger partial charge in [0.15, 0.2) is 5.76 Å². The van der Waals surface area contributed by atoms with E-state index in [-0.39, 0.29) is 36.3 Å². The van der Waals surface area contributed by atoms with Crippen LogP contribution < -0.4 is 4.74 Å². The van der Waals surface area contributed by atoms with Gasteiger partial charge < -0.3 is 14.7 Å². The molecule has 0 saturated carbocycles. The molecule has 0 radical (unpaired) electrons. The van der Waals surface area contributed by atoms with Crippen LogP contribution in [-0.4, -0.2) is 53.4 Å². The van der Waals surface area contributed by atoms with Gasteiger partial charge in [0.2, 0.25) is 5.78 Å². The molecule has 1 saturated heterocycles. The van der Waals surface area contributed by atoms with E-state index in [1.54, 1.807) is 29.5 Å². The minimum absolute atomic E-state index is 0. The van der Waals surface area contributed by atoms with Crippen molar-refractivity contribution in [1.29, 1.82) is 0 Å². The van der Waals surface area contributed by atoms with Crippen molar-refractivity contribution in [3.05, 3.63) is 51.4 Å². The number of piperazine rings is 1. The van der Waals surface area contributed by atoms with Crippen LogP contribution >= 0.6 is 36.2 Å². The topological polar surface area (TPSA) is 53.0 Å². The van der Waals surface area contributed by atoms with Gasteiger partial charge in [-0.1, -0.05) is 13.0 Å². The number of aromatic hydroxyl groups is 1. The van der Waals surface area contributed by atoms with Crippen molar-refractivity contribution in [3.63, 3.8) is 0 Å². The molecule has 0 unspecified atom stereocenters. The van der Waals surface area contributed by atoms with Gasteiger partial charge in [0.25, 0.3) is 0 Å². The summed E-state index contributed by atoms with van der Waals surface area (Å²) in [5, 5.41) is 12.4. The van der Waals surface area contributed by atoms with Crippen LogP contribution in [0.25, 0.3) is 6.08 Å². The number of benzene rings is 1. The summed E-state index contributed by atoms with van der Waals surface area (Å²) in [5.41, 5.74) is 1.24. The quantitative estimate of drug-likeness (QED) is 0.723. The second-order valence-corrected chi connectivity index (χ2v) is 7.58. The molecule has 1 aromatic carbocycles. The van der Waals surface area contributed by atoms with E-state index in [2.05, 4.69) is 16.7 Å². The van der Waals surface area contributed by atoms with Crippen LogP contribution in [0, 0.1) is 0 Å². The number of rotatable bonds is 4. The molecule has 1 fully saturated rings. The first-order chi connectivity index (χ1) is 12.7. The maximum atomic E-state index is 12.7. The van der Waals surface area contributed by atoms with Crippen molar-refractivity contribution in [3.8, 4) is 11.5 Å². The number of likely N-dealkylation sites (N-methyl/N-ethyl adjacent to an activating group) is 1. The number of ether oxygens (including phenoxy) is 1. The summed E-state index contributed by atoms with van der Waals surface area (Å²) in [6, 6.07) is 7.15. The Morgan fingerprint density at radius 2 is 1.86 bits per heavy atom. The monoisotopic (exact) mass is 442 g/mol. The van der Waals surface area contributed by atoms with Crippen LogP contribution in [0.2, 0.25) is 0 Å². The van der Waals surface area contributed by atoms with E-state index in [0.29, 0.717) is 29.2 Å². The van der Waals surface area contributed by atoms with E-state index in [1.807, 2.05) is 17.5 Å². The first-order valence-corrected chi connectivity index (χ1v) is 9.81. The van der Waals surface area contributed by atoms with Crippen LogP contribution in [0.4, 0.5) is 0 Å². The Labute approximate surface area is 181 Å². The summed E-state index contributed by atoms with van der Waals surface area (Å²) in [7, 11) is 0. The largest absolute Gasteiger partial charge is 0.507 e. The summed E-state index contributed by atoms with van der Waals surface area (Å²) in [6.07, 6.45) is 1.77. The van der Waals surface area contributed by atoms with Crippen molar-refractivity contribution in [2.45, 2.75) is 13.5 Å². The van der Waals surface area contributed by atoms with Gasteiger partial charge in [0, 0.05) is 43.7 Å². The van der Waals surface area contributed by atoms with Crippen LogP contribution in [0.15, 0.2) is 35.4 Å².